The van der Waals surface area contributed by atoms with Gasteiger partial charge < -0.3 is 14.7 Å². The van der Waals surface area contributed by atoms with Crippen LogP contribution in [-0.4, -0.2) is 72.3 Å². The molecule has 2 fully saturated rings. The van der Waals surface area contributed by atoms with Gasteiger partial charge in [-0.05, 0) is 75.0 Å². The van der Waals surface area contributed by atoms with Crippen LogP contribution < -0.4 is 0 Å². The zero-order valence-corrected chi connectivity index (χ0v) is 20.1. The monoisotopic (exact) mass is 467 g/mol. The van der Waals surface area contributed by atoms with Crippen molar-refractivity contribution < 1.29 is 9.59 Å². The number of hydrogen-bond donors (Lipinski definition) is 0. The number of piperidine rings is 1. The van der Waals surface area contributed by atoms with Crippen LogP contribution in [0.15, 0.2) is 54.6 Å². The Morgan fingerprint density at radius 1 is 0.848 bits per heavy atom. The maximum atomic E-state index is 13.3. The van der Waals surface area contributed by atoms with E-state index in [0.717, 1.165) is 64.8 Å². The van der Waals surface area contributed by atoms with Crippen molar-refractivity contribution >= 4 is 23.4 Å². The Hall–Kier alpha value is -2.37. The van der Waals surface area contributed by atoms with Gasteiger partial charge in [-0.1, -0.05) is 41.9 Å². The van der Waals surface area contributed by atoms with Crippen LogP contribution in [0.5, 0.6) is 0 Å². The second-order valence-electron chi connectivity index (χ2n) is 9.21. The van der Waals surface area contributed by atoms with Crippen molar-refractivity contribution in [1.29, 1.82) is 0 Å². The van der Waals surface area contributed by atoms with Gasteiger partial charge in [-0.25, -0.2) is 0 Å². The molecular formula is C27H34ClN3O2. The molecule has 2 aromatic carbocycles. The molecule has 0 spiro atoms. The molecule has 2 aliphatic rings. The van der Waals surface area contributed by atoms with E-state index in [0.29, 0.717) is 23.7 Å². The molecule has 2 amide bonds. The Morgan fingerprint density at radius 2 is 1.61 bits per heavy atom. The molecule has 0 saturated carbocycles. The molecule has 0 N–H and O–H groups in total. The Morgan fingerprint density at radius 3 is 2.39 bits per heavy atom. The van der Waals surface area contributed by atoms with Crippen molar-refractivity contribution in [3.05, 3.63) is 70.7 Å². The van der Waals surface area contributed by atoms with Gasteiger partial charge in [0.05, 0.1) is 5.92 Å². The fourth-order valence-electron chi connectivity index (χ4n) is 4.96. The molecule has 1 unspecified atom stereocenters. The first-order chi connectivity index (χ1) is 16.1. The van der Waals surface area contributed by atoms with Crippen molar-refractivity contribution in [2.45, 2.75) is 32.1 Å². The molecule has 6 heteroatoms. The summed E-state index contributed by atoms with van der Waals surface area (Å²) in [6, 6.07) is 17.6. The Bertz CT molecular complexity index is 919. The van der Waals surface area contributed by atoms with Gasteiger partial charge in [-0.2, -0.15) is 0 Å². The molecule has 0 bridgehead atoms. The topological polar surface area (TPSA) is 43.9 Å². The van der Waals surface area contributed by atoms with Crippen LogP contribution in [0, 0.1) is 5.92 Å². The Balaban J connectivity index is 1.26. The number of rotatable bonds is 6. The average molecular weight is 468 g/mol. The zero-order chi connectivity index (χ0) is 23.0. The van der Waals surface area contributed by atoms with Crippen molar-refractivity contribution in [3.8, 4) is 0 Å². The van der Waals surface area contributed by atoms with Crippen molar-refractivity contribution in [2.75, 3.05) is 45.8 Å². The summed E-state index contributed by atoms with van der Waals surface area (Å²) in [7, 11) is 0. The lowest BCUT2D eigenvalue weighted by Gasteiger charge is -2.35. The molecule has 1 atom stereocenters. The largest absolute Gasteiger partial charge is 0.341 e. The predicted octanol–water partition coefficient (Wildman–Crippen LogP) is 4.36. The number of carbonyl (C=O) groups excluding carboxylic acids is 2. The van der Waals surface area contributed by atoms with Gasteiger partial charge in [0, 0.05) is 43.3 Å². The highest BCUT2D eigenvalue weighted by Crippen LogP contribution is 2.22. The first kappa shape index (κ1) is 23.8. The van der Waals surface area contributed by atoms with Crippen LogP contribution in [0.1, 0.15) is 41.6 Å². The number of aryl methyl sites for hydroxylation is 1. The Kier molecular flexibility index (Phi) is 8.40. The van der Waals surface area contributed by atoms with Crippen LogP contribution in [0.2, 0.25) is 5.02 Å². The molecule has 0 aromatic heterocycles. The van der Waals surface area contributed by atoms with E-state index in [2.05, 4.69) is 35.2 Å². The van der Waals surface area contributed by atoms with Gasteiger partial charge >= 0.3 is 0 Å². The molecule has 0 radical (unpaired) electrons. The molecular weight excluding hydrogens is 434 g/mol. The summed E-state index contributed by atoms with van der Waals surface area (Å²) in [6.07, 6.45) is 4.98. The fourth-order valence-corrected chi connectivity index (χ4v) is 5.09. The summed E-state index contributed by atoms with van der Waals surface area (Å²) in [5, 5.41) is 0.619. The van der Waals surface area contributed by atoms with Gasteiger partial charge in [0.1, 0.15) is 0 Å². The average Bonchev–Trinajstić information content (AvgIpc) is 3.10. The minimum absolute atomic E-state index is 0.00961. The number of likely N-dealkylation sites (tertiary alicyclic amines) is 1. The van der Waals surface area contributed by atoms with Crippen molar-refractivity contribution in [1.82, 2.24) is 14.7 Å². The molecule has 5 nitrogen and oxygen atoms in total. The lowest BCUT2D eigenvalue weighted by molar-refractivity contribution is -0.136. The highest BCUT2D eigenvalue weighted by Gasteiger charge is 2.32. The molecule has 33 heavy (non-hydrogen) atoms. The van der Waals surface area contributed by atoms with Gasteiger partial charge in [0.2, 0.25) is 5.91 Å². The Labute approximate surface area is 202 Å². The van der Waals surface area contributed by atoms with Gasteiger partial charge in [-0.3, -0.25) is 9.59 Å². The first-order valence-corrected chi connectivity index (χ1v) is 12.6. The molecule has 2 saturated heterocycles. The molecule has 176 valence electrons. The summed E-state index contributed by atoms with van der Waals surface area (Å²) in [5.41, 5.74) is 2.02. The second-order valence-corrected chi connectivity index (χ2v) is 9.64. The number of amides is 2. The molecule has 2 heterocycles. The van der Waals surface area contributed by atoms with Crippen molar-refractivity contribution in [2.24, 2.45) is 5.92 Å². The lowest BCUT2D eigenvalue weighted by atomic mass is 9.95. The third-order valence-electron chi connectivity index (χ3n) is 6.83. The van der Waals surface area contributed by atoms with E-state index in [1.54, 1.807) is 24.3 Å². The number of hydrogen-bond acceptors (Lipinski definition) is 3. The van der Waals surface area contributed by atoms with Crippen LogP contribution in [0.4, 0.5) is 0 Å². The quantitative estimate of drug-likeness (QED) is 0.634. The van der Waals surface area contributed by atoms with E-state index in [4.69, 9.17) is 11.6 Å². The fraction of sp³-hybridized carbons (Fsp3) is 0.481. The summed E-state index contributed by atoms with van der Waals surface area (Å²) < 4.78 is 0. The summed E-state index contributed by atoms with van der Waals surface area (Å²) >= 11 is 5.95. The van der Waals surface area contributed by atoms with Gasteiger partial charge in [0.25, 0.3) is 5.91 Å². The summed E-state index contributed by atoms with van der Waals surface area (Å²) in [6.45, 7) is 5.87. The third kappa shape index (κ3) is 6.58. The molecule has 2 aliphatic heterocycles. The van der Waals surface area contributed by atoms with Crippen LogP contribution in [0.25, 0.3) is 0 Å². The third-order valence-corrected chi connectivity index (χ3v) is 7.08. The number of carbonyl (C=O) groups is 2. The van der Waals surface area contributed by atoms with E-state index in [1.807, 2.05) is 9.80 Å². The van der Waals surface area contributed by atoms with Crippen LogP contribution in [-0.2, 0) is 11.2 Å². The molecule has 4 rings (SSSR count). The SMILES string of the molecule is O=C(c1ccc(Cl)cc1)N1CCCC(C(=O)N2CCCN(CCCc3ccccc3)CC2)C1. The van der Waals surface area contributed by atoms with E-state index < -0.39 is 0 Å². The van der Waals surface area contributed by atoms with Crippen molar-refractivity contribution in [3.63, 3.8) is 0 Å². The standard InChI is InChI=1S/C27H34ClN3O2/c28-25-13-11-23(12-14-25)26(32)31-17-5-10-24(21-31)27(33)30-18-6-16-29(19-20-30)15-4-9-22-7-2-1-3-8-22/h1-3,7-8,11-14,24H,4-6,9-10,15-21H2. The minimum atomic E-state index is -0.0976. The predicted molar refractivity (Wildman–Crippen MR) is 132 cm³/mol. The second kappa shape index (κ2) is 11.7. The van der Waals surface area contributed by atoms with E-state index >= 15 is 0 Å². The van der Waals surface area contributed by atoms with Crippen LogP contribution in [0.3, 0.4) is 0 Å². The zero-order valence-electron chi connectivity index (χ0n) is 19.3. The normalized spacial score (nSPS) is 19.8. The maximum Gasteiger partial charge on any atom is 0.253 e. The summed E-state index contributed by atoms with van der Waals surface area (Å²) in [5.74, 6) is 0.110. The van der Waals surface area contributed by atoms with Gasteiger partial charge in [-0.15, -0.1) is 0 Å². The number of halogens is 1. The van der Waals surface area contributed by atoms with Crippen LogP contribution >= 0.6 is 11.6 Å². The molecule has 2 aromatic rings. The molecule has 0 aliphatic carbocycles. The first-order valence-electron chi connectivity index (χ1n) is 12.2. The highest BCUT2D eigenvalue weighted by atomic mass is 35.5. The van der Waals surface area contributed by atoms with Gasteiger partial charge in [0.15, 0.2) is 0 Å². The van der Waals surface area contributed by atoms with E-state index in [1.165, 1.54) is 5.56 Å². The van der Waals surface area contributed by atoms with E-state index in [9.17, 15) is 9.59 Å². The lowest BCUT2D eigenvalue weighted by Crippen LogP contribution is -2.47. The minimum Gasteiger partial charge on any atom is -0.341 e. The highest BCUT2D eigenvalue weighted by molar-refractivity contribution is 6.30. The maximum absolute atomic E-state index is 13.3. The van der Waals surface area contributed by atoms with E-state index in [-0.39, 0.29) is 17.7 Å². The number of benzene rings is 2. The smallest absolute Gasteiger partial charge is 0.253 e. The summed E-state index contributed by atoms with van der Waals surface area (Å²) in [4.78, 5) is 32.6. The number of nitrogens with zero attached hydrogens (tertiary/aromatic N) is 3.